The van der Waals surface area contributed by atoms with Crippen molar-refractivity contribution in [1.82, 2.24) is 24.8 Å². The first-order chi connectivity index (χ1) is 8.24. The van der Waals surface area contributed by atoms with Crippen molar-refractivity contribution in [2.75, 3.05) is 5.73 Å². The zero-order valence-electron chi connectivity index (χ0n) is 9.20. The standard InChI is InChI=1S/C11H10N6/c1-7-2-3-10-14-15-11(17(10)16-7)8-4-5-13-9(12)6-8/h2-6H,1H3,(H2,12,13). The molecule has 0 saturated heterocycles. The smallest absolute Gasteiger partial charge is 0.185 e. The lowest BCUT2D eigenvalue weighted by Gasteiger charge is -2.00. The molecule has 0 aromatic carbocycles. The van der Waals surface area contributed by atoms with Crippen molar-refractivity contribution in [3.63, 3.8) is 0 Å². The van der Waals surface area contributed by atoms with Crippen LogP contribution in [0.25, 0.3) is 17.0 Å². The largest absolute Gasteiger partial charge is 0.384 e. The summed E-state index contributed by atoms with van der Waals surface area (Å²) in [7, 11) is 0. The number of pyridine rings is 1. The van der Waals surface area contributed by atoms with Crippen molar-refractivity contribution in [1.29, 1.82) is 0 Å². The molecule has 0 bridgehead atoms. The first kappa shape index (κ1) is 9.71. The molecule has 0 aliphatic heterocycles. The Kier molecular flexibility index (Phi) is 2.01. The minimum Gasteiger partial charge on any atom is -0.384 e. The Morgan fingerprint density at radius 3 is 2.88 bits per heavy atom. The van der Waals surface area contributed by atoms with E-state index in [0.29, 0.717) is 17.3 Å². The summed E-state index contributed by atoms with van der Waals surface area (Å²) in [4.78, 5) is 3.95. The molecule has 3 aromatic rings. The van der Waals surface area contributed by atoms with Gasteiger partial charge in [0.2, 0.25) is 0 Å². The summed E-state index contributed by atoms with van der Waals surface area (Å²) in [5.41, 5.74) is 8.11. The number of aryl methyl sites for hydroxylation is 1. The molecule has 6 nitrogen and oxygen atoms in total. The Labute approximate surface area is 97.1 Å². The molecule has 0 unspecified atom stereocenters. The topological polar surface area (TPSA) is 82.0 Å². The fraction of sp³-hybridized carbons (Fsp3) is 0.0909. The predicted octanol–water partition coefficient (Wildman–Crippen LogP) is 1.08. The fourth-order valence-electron chi connectivity index (χ4n) is 1.65. The van der Waals surface area contributed by atoms with Gasteiger partial charge in [-0.1, -0.05) is 0 Å². The lowest BCUT2D eigenvalue weighted by Crippen LogP contribution is -1.97. The highest BCUT2D eigenvalue weighted by Gasteiger charge is 2.09. The van der Waals surface area contributed by atoms with Crippen LogP contribution in [0.4, 0.5) is 5.82 Å². The number of rotatable bonds is 1. The van der Waals surface area contributed by atoms with E-state index in [1.54, 1.807) is 16.8 Å². The number of aromatic nitrogens is 5. The molecule has 3 aromatic heterocycles. The van der Waals surface area contributed by atoms with E-state index >= 15 is 0 Å². The molecule has 0 spiro atoms. The number of hydrogen-bond acceptors (Lipinski definition) is 5. The molecule has 0 saturated carbocycles. The SMILES string of the molecule is Cc1ccc2nnc(-c3ccnc(N)c3)n2n1. The van der Waals surface area contributed by atoms with Gasteiger partial charge in [-0.15, -0.1) is 10.2 Å². The van der Waals surface area contributed by atoms with Crippen LogP contribution < -0.4 is 5.73 Å². The molecule has 3 rings (SSSR count). The molecule has 0 aliphatic rings. The number of nitrogen functional groups attached to an aromatic ring is 1. The summed E-state index contributed by atoms with van der Waals surface area (Å²) < 4.78 is 1.70. The Morgan fingerprint density at radius 1 is 1.18 bits per heavy atom. The second-order valence-corrected chi connectivity index (χ2v) is 3.74. The Bertz CT molecular complexity index is 687. The molecule has 0 amide bonds. The van der Waals surface area contributed by atoms with Gasteiger partial charge in [-0.25, -0.2) is 4.98 Å². The number of hydrogen-bond donors (Lipinski definition) is 1. The van der Waals surface area contributed by atoms with Gasteiger partial charge in [0.1, 0.15) is 5.82 Å². The van der Waals surface area contributed by atoms with Crippen LogP contribution in [0.15, 0.2) is 30.5 Å². The summed E-state index contributed by atoms with van der Waals surface area (Å²) in [5, 5.41) is 12.5. The lowest BCUT2D eigenvalue weighted by molar-refractivity contribution is 0.901. The van der Waals surface area contributed by atoms with Gasteiger partial charge in [0.05, 0.1) is 5.69 Å². The van der Waals surface area contributed by atoms with Crippen LogP contribution in [-0.2, 0) is 0 Å². The maximum atomic E-state index is 5.65. The third-order valence-corrected chi connectivity index (χ3v) is 2.44. The number of anilines is 1. The third-order valence-electron chi connectivity index (χ3n) is 2.44. The van der Waals surface area contributed by atoms with E-state index < -0.39 is 0 Å². The molecule has 84 valence electrons. The van der Waals surface area contributed by atoms with E-state index in [0.717, 1.165) is 11.3 Å². The molecule has 0 fully saturated rings. The summed E-state index contributed by atoms with van der Waals surface area (Å²) in [6.07, 6.45) is 1.64. The van der Waals surface area contributed by atoms with Crippen molar-refractivity contribution < 1.29 is 0 Å². The maximum Gasteiger partial charge on any atom is 0.185 e. The first-order valence-electron chi connectivity index (χ1n) is 5.15. The fourth-order valence-corrected chi connectivity index (χ4v) is 1.65. The Balaban J connectivity index is 2.27. The summed E-state index contributed by atoms with van der Waals surface area (Å²) in [6.45, 7) is 1.92. The summed E-state index contributed by atoms with van der Waals surface area (Å²) in [5.74, 6) is 1.12. The quantitative estimate of drug-likeness (QED) is 0.671. The highest BCUT2D eigenvalue weighted by atomic mass is 15.4. The van der Waals surface area contributed by atoms with Crippen LogP contribution >= 0.6 is 0 Å². The zero-order chi connectivity index (χ0) is 11.8. The van der Waals surface area contributed by atoms with Gasteiger partial charge in [0.15, 0.2) is 11.5 Å². The van der Waals surface area contributed by atoms with Crippen LogP contribution in [0, 0.1) is 6.92 Å². The first-order valence-corrected chi connectivity index (χ1v) is 5.15. The van der Waals surface area contributed by atoms with E-state index in [9.17, 15) is 0 Å². The van der Waals surface area contributed by atoms with Crippen LogP contribution in [0.1, 0.15) is 5.69 Å². The second-order valence-electron chi connectivity index (χ2n) is 3.74. The molecule has 0 radical (unpaired) electrons. The van der Waals surface area contributed by atoms with Crippen molar-refractivity contribution in [3.8, 4) is 11.4 Å². The molecule has 2 N–H and O–H groups in total. The van der Waals surface area contributed by atoms with Gasteiger partial charge in [-0.05, 0) is 31.2 Å². The molecule has 17 heavy (non-hydrogen) atoms. The lowest BCUT2D eigenvalue weighted by atomic mass is 10.2. The van der Waals surface area contributed by atoms with Crippen LogP contribution in [0.3, 0.4) is 0 Å². The van der Waals surface area contributed by atoms with Crippen LogP contribution in [0.5, 0.6) is 0 Å². The number of nitrogens with zero attached hydrogens (tertiary/aromatic N) is 5. The zero-order valence-corrected chi connectivity index (χ0v) is 9.20. The Morgan fingerprint density at radius 2 is 2.06 bits per heavy atom. The molecule has 0 atom stereocenters. The molecular weight excluding hydrogens is 216 g/mol. The molecule has 6 heteroatoms. The third kappa shape index (κ3) is 1.59. The van der Waals surface area contributed by atoms with E-state index in [-0.39, 0.29) is 0 Å². The molecular formula is C11H10N6. The predicted molar refractivity (Wildman–Crippen MR) is 63.2 cm³/mol. The van der Waals surface area contributed by atoms with Gasteiger partial charge in [0.25, 0.3) is 0 Å². The van der Waals surface area contributed by atoms with Gasteiger partial charge in [-0.2, -0.15) is 9.61 Å². The van der Waals surface area contributed by atoms with Gasteiger partial charge in [-0.3, -0.25) is 0 Å². The van der Waals surface area contributed by atoms with Gasteiger partial charge >= 0.3 is 0 Å². The maximum absolute atomic E-state index is 5.65. The van der Waals surface area contributed by atoms with Crippen molar-refractivity contribution in [2.24, 2.45) is 0 Å². The highest BCUT2D eigenvalue weighted by molar-refractivity contribution is 5.61. The molecule has 3 heterocycles. The van der Waals surface area contributed by atoms with E-state index in [4.69, 9.17) is 5.73 Å². The number of fused-ring (bicyclic) bond motifs is 1. The van der Waals surface area contributed by atoms with Gasteiger partial charge < -0.3 is 5.73 Å². The van der Waals surface area contributed by atoms with E-state index in [1.165, 1.54) is 0 Å². The normalized spacial score (nSPS) is 10.9. The van der Waals surface area contributed by atoms with Crippen molar-refractivity contribution >= 4 is 11.5 Å². The second kappa shape index (κ2) is 3.51. The number of nitrogens with two attached hydrogens (primary N) is 1. The minimum atomic E-state index is 0.451. The van der Waals surface area contributed by atoms with Crippen LogP contribution in [-0.4, -0.2) is 24.8 Å². The van der Waals surface area contributed by atoms with Gasteiger partial charge in [0, 0.05) is 11.8 Å². The summed E-state index contributed by atoms with van der Waals surface area (Å²) in [6, 6.07) is 7.36. The van der Waals surface area contributed by atoms with Crippen molar-refractivity contribution in [2.45, 2.75) is 6.92 Å². The van der Waals surface area contributed by atoms with E-state index in [1.807, 2.05) is 25.1 Å². The van der Waals surface area contributed by atoms with E-state index in [2.05, 4.69) is 20.3 Å². The highest BCUT2D eigenvalue weighted by Crippen LogP contribution is 2.18. The van der Waals surface area contributed by atoms with Crippen LogP contribution in [0.2, 0.25) is 0 Å². The van der Waals surface area contributed by atoms with Crippen molar-refractivity contribution in [3.05, 3.63) is 36.2 Å². The Hall–Kier alpha value is -2.50. The monoisotopic (exact) mass is 226 g/mol. The molecule has 0 aliphatic carbocycles. The average molecular weight is 226 g/mol. The summed E-state index contributed by atoms with van der Waals surface area (Å²) >= 11 is 0. The average Bonchev–Trinajstić information content (AvgIpc) is 2.71. The minimum absolute atomic E-state index is 0.451.